The van der Waals surface area contributed by atoms with E-state index in [1.807, 2.05) is 17.7 Å². The Morgan fingerprint density at radius 2 is 2.00 bits per heavy atom. The van der Waals surface area contributed by atoms with Gasteiger partial charge >= 0.3 is 0 Å². The van der Waals surface area contributed by atoms with E-state index in [-0.39, 0.29) is 11.9 Å². The third-order valence-corrected chi connectivity index (χ3v) is 4.01. The Kier molecular flexibility index (Phi) is 5.17. The minimum Gasteiger partial charge on any atom is -0.324 e. The van der Waals surface area contributed by atoms with Crippen LogP contribution in [-0.4, -0.2) is 9.78 Å². The number of hydrogen-bond acceptors (Lipinski definition) is 2. The zero-order valence-electron chi connectivity index (χ0n) is 12.7. The number of aryl methyl sites for hydroxylation is 1. The molecule has 1 heterocycles. The number of aromatic nitrogens is 2. The number of nitrogens with zero attached hydrogens (tertiary/aromatic N) is 2. The van der Waals surface area contributed by atoms with Gasteiger partial charge < -0.3 is 5.73 Å². The lowest BCUT2D eigenvalue weighted by Gasteiger charge is -2.11. The molecule has 1 aromatic heterocycles. The maximum Gasteiger partial charge on any atom is 0.124 e. The van der Waals surface area contributed by atoms with Crippen molar-refractivity contribution in [1.29, 1.82) is 0 Å². The van der Waals surface area contributed by atoms with Crippen molar-refractivity contribution < 1.29 is 4.39 Å². The molecule has 3 nitrogen and oxygen atoms in total. The number of halogens is 2. The molecule has 0 radical (unpaired) electrons. The quantitative estimate of drug-likeness (QED) is 0.883. The van der Waals surface area contributed by atoms with Crippen LogP contribution in [-0.2, 0) is 19.4 Å². The fourth-order valence-electron chi connectivity index (χ4n) is 2.73. The van der Waals surface area contributed by atoms with E-state index in [4.69, 9.17) is 5.73 Å². The number of nitrogens with two attached hydrogens (primary N) is 1. The highest BCUT2D eigenvalue weighted by Crippen LogP contribution is 2.24. The summed E-state index contributed by atoms with van der Waals surface area (Å²) in [6.07, 6.45) is 1.71. The van der Waals surface area contributed by atoms with Gasteiger partial charge in [0.1, 0.15) is 5.82 Å². The first-order valence-electron chi connectivity index (χ1n) is 7.25. The summed E-state index contributed by atoms with van der Waals surface area (Å²) >= 11 is 3.33. The third kappa shape index (κ3) is 3.52. The van der Waals surface area contributed by atoms with Gasteiger partial charge in [0.25, 0.3) is 0 Å². The molecule has 0 amide bonds. The first-order valence-corrected chi connectivity index (χ1v) is 8.04. The number of hydrogen-bond donors (Lipinski definition) is 1. The molecule has 0 aliphatic heterocycles. The second-order valence-electron chi connectivity index (χ2n) is 5.24. The van der Waals surface area contributed by atoms with E-state index >= 15 is 0 Å². The van der Waals surface area contributed by atoms with Crippen LogP contribution in [0.2, 0.25) is 0 Å². The van der Waals surface area contributed by atoms with Crippen LogP contribution in [0.1, 0.15) is 49.3 Å². The van der Waals surface area contributed by atoms with Crippen molar-refractivity contribution in [3.63, 3.8) is 0 Å². The van der Waals surface area contributed by atoms with E-state index in [1.165, 1.54) is 6.07 Å². The van der Waals surface area contributed by atoms with Gasteiger partial charge in [-0.2, -0.15) is 5.10 Å². The second kappa shape index (κ2) is 6.71. The first-order chi connectivity index (χ1) is 9.96. The van der Waals surface area contributed by atoms with E-state index in [2.05, 4.69) is 34.9 Å². The lowest BCUT2D eigenvalue weighted by atomic mass is 10.0. The van der Waals surface area contributed by atoms with E-state index in [0.29, 0.717) is 6.54 Å². The Morgan fingerprint density at radius 3 is 2.52 bits per heavy atom. The van der Waals surface area contributed by atoms with Gasteiger partial charge in [0.2, 0.25) is 0 Å². The molecule has 2 aromatic rings. The molecule has 1 atom stereocenters. The van der Waals surface area contributed by atoms with Crippen LogP contribution in [0.3, 0.4) is 0 Å². The molecule has 2 N–H and O–H groups in total. The normalized spacial score (nSPS) is 12.7. The molecule has 0 spiro atoms. The molecular weight excluding hydrogens is 333 g/mol. The highest BCUT2D eigenvalue weighted by atomic mass is 79.9. The predicted octanol–water partition coefficient (Wildman–Crippen LogP) is 3.98. The molecule has 0 aliphatic carbocycles. The van der Waals surface area contributed by atoms with Gasteiger partial charge in [-0.25, -0.2) is 4.39 Å². The summed E-state index contributed by atoms with van der Waals surface area (Å²) in [5.74, 6) is -0.243. The average Bonchev–Trinajstić information content (AvgIpc) is 2.75. The Labute approximate surface area is 133 Å². The topological polar surface area (TPSA) is 43.8 Å². The van der Waals surface area contributed by atoms with E-state index < -0.39 is 0 Å². The van der Waals surface area contributed by atoms with Crippen molar-refractivity contribution in [2.75, 3.05) is 0 Å². The molecular formula is C16H21BrFN3. The Morgan fingerprint density at radius 1 is 1.29 bits per heavy atom. The summed E-state index contributed by atoms with van der Waals surface area (Å²) in [4.78, 5) is 0. The van der Waals surface area contributed by atoms with Crippen molar-refractivity contribution in [1.82, 2.24) is 9.78 Å². The maximum absolute atomic E-state index is 13.5. The molecule has 1 aromatic carbocycles. The fraction of sp³-hybridized carbons (Fsp3) is 0.438. The zero-order chi connectivity index (χ0) is 15.6. The molecule has 1 unspecified atom stereocenters. The average molecular weight is 354 g/mol. The molecule has 5 heteroatoms. The zero-order valence-corrected chi connectivity index (χ0v) is 14.2. The summed E-state index contributed by atoms with van der Waals surface area (Å²) in [6.45, 7) is 6.72. The van der Waals surface area contributed by atoms with Crippen LogP contribution in [0.5, 0.6) is 0 Å². The molecule has 0 fully saturated rings. The van der Waals surface area contributed by atoms with Gasteiger partial charge in [-0.3, -0.25) is 4.68 Å². The molecule has 0 saturated carbocycles. The van der Waals surface area contributed by atoms with Crippen LogP contribution in [0, 0.1) is 5.82 Å². The van der Waals surface area contributed by atoms with Gasteiger partial charge in [0.05, 0.1) is 12.2 Å². The summed E-state index contributed by atoms with van der Waals surface area (Å²) in [5.41, 5.74) is 10.3. The second-order valence-corrected chi connectivity index (χ2v) is 6.15. The number of rotatable bonds is 5. The monoisotopic (exact) mass is 353 g/mol. The third-order valence-electron chi connectivity index (χ3n) is 3.55. The SMILES string of the molecule is CCc1nn(Cc2cc(F)cc(Br)c2)c(CC)c1C(C)N. The lowest BCUT2D eigenvalue weighted by Crippen LogP contribution is -2.11. The Hall–Kier alpha value is -1.20. The molecule has 0 bridgehead atoms. The highest BCUT2D eigenvalue weighted by Gasteiger charge is 2.18. The van der Waals surface area contributed by atoms with Crippen LogP contribution in [0.25, 0.3) is 0 Å². The summed E-state index contributed by atoms with van der Waals surface area (Å²) in [5, 5.41) is 4.67. The highest BCUT2D eigenvalue weighted by molar-refractivity contribution is 9.10. The van der Waals surface area contributed by atoms with Crippen molar-refractivity contribution in [2.45, 2.75) is 46.2 Å². The van der Waals surface area contributed by atoms with Crippen LogP contribution < -0.4 is 5.73 Å². The molecule has 21 heavy (non-hydrogen) atoms. The van der Waals surface area contributed by atoms with Crippen molar-refractivity contribution >= 4 is 15.9 Å². The van der Waals surface area contributed by atoms with Crippen molar-refractivity contribution in [3.05, 3.63) is 51.0 Å². The van der Waals surface area contributed by atoms with Gasteiger partial charge in [0.15, 0.2) is 0 Å². The largest absolute Gasteiger partial charge is 0.324 e. The van der Waals surface area contributed by atoms with E-state index in [9.17, 15) is 4.39 Å². The standard InChI is InChI=1S/C16H21BrFN3/c1-4-14-16(10(3)19)15(5-2)21(20-14)9-11-6-12(17)8-13(18)7-11/h6-8,10H,4-5,9,19H2,1-3H3. The molecule has 0 saturated heterocycles. The molecule has 0 aliphatic rings. The molecule has 2 rings (SSSR count). The van der Waals surface area contributed by atoms with Gasteiger partial charge in [-0.1, -0.05) is 29.8 Å². The minimum atomic E-state index is -0.243. The number of benzene rings is 1. The van der Waals surface area contributed by atoms with E-state index in [1.54, 1.807) is 6.07 Å². The van der Waals surface area contributed by atoms with Crippen molar-refractivity contribution in [3.8, 4) is 0 Å². The molecule has 114 valence electrons. The first kappa shape index (κ1) is 16.2. The van der Waals surface area contributed by atoms with Crippen LogP contribution in [0.15, 0.2) is 22.7 Å². The van der Waals surface area contributed by atoms with Crippen LogP contribution >= 0.6 is 15.9 Å². The maximum atomic E-state index is 13.5. The van der Waals surface area contributed by atoms with Gasteiger partial charge in [-0.05, 0) is 43.5 Å². The Bertz CT molecular complexity index is 614. The Balaban J connectivity index is 2.44. The van der Waals surface area contributed by atoms with Gasteiger partial charge in [0, 0.05) is 21.8 Å². The smallest absolute Gasteiger partial charge is 0.124 e. The van der Waals surface area contributed by atoms with E-state index in [0.717, 1.165) is 39.8 Å². The summed E-state index contributed by atoms with van der Waals surface area (Å²) in [7, 11) is 0. The van der Waals surface area contributed by atoms with Crippen LogP contribution in [0.4, 0.5) is 4.39 Å². The van der Waals surface area contributed by atoms with Crippen molar-refractivity contribution in [2.24, 2.45) is 5.73 Å². The summed E-state index contributed by atoms with van der Waals surface area (Å²) in [6, 6.07) is 4.88. The summed E-state index contributed by atoms with van der Waals surface area (Å²) < 4.78 is 16.2. The lowest BCUT2D eigenvalue weighted by molar-refractivity contribution is 0.609. The minimum absolute atomic E-state index is 0.0390. The van der Waals surface area contributed by atoms with Gasteiger partial charge in [-0.15, -0.1) is 0 Å². The fourth-order valence-corrected chi connectivity index (χ4v) is 3.24. The predicted molar refractivity (Wildman–Crippen MR) is 86.8 cm³/mol.